The Bertz CT molecular complexity index is 1220. The zero-order chi connectivity index (χ0) is 21.1. The van der Waals surface area contributed by atoms with E-state index in [1.54, 1.807) is 72.8 Å². The number of phenols is 1. The SMILES string of the molecule is O=C(OC(C(=O)c1ccccc1)c1ccc(Cl)cc1)c1ccc2ccccc2c1O. The number of fused-ring (bicyclic) bond motifs is 1. The number of hydrogen-bond acceptors (Lipinski definition) is 4. The quantitative estimate of drug-likeness (QED) is 0.321. The van der Waals surface area contributed by atoms with E-state index in [4.69, 9.17) is 16.3 Å². The van der Waals surface area contributed by atoms with Crippen LogP contribution in [0.1, 0.15) is 32.4 Å². The number of Topliss-reactive ketones (excluding diaryl/α,β-unsaturated/α-hetero) is 1. The van der Waals surface area contributed by atoms with Gasteiger partial charge in [-0.1, -0.05) is 84.4 Å². The number of aromatic hydroxyl groups is 1. The van der Waals surface area contributed by atoms with Crippen LogP contribution in [0.3, 0.4) is 0 Å². The molecule has 0 heterocycles. The van der Waals surface area contributed by atoms with Crippen molar-refractivity contribution in [3.8, 4) is 5.75 Å². The van der Waals surface area contributed by atoms with Crippen LogP contribution in [-0.2, 0) is 4.74 Å². The van der Waals surface area contributed by atoms with Crippen LogP contribution in [0.15, 0.2) is 91.0 Å². The largest absolute Gasteiger partial charge is 0.506 e. The van der Waals surface area contributed by atoms with E-state index in [0.29, 0.717) is 21.5 Å². The fourth-order valence-electron chi connectivity index (χ4n) is 3.25. The van der Waals surface area contributed by atoms with Crippen LogP contribution in [0, 0.1) is 0 Å². The lowest BCUT2D eigenvalue weighted by atomic mass is 9.99. The van der Waals surface area contributed by atoms with Gasteiger partial charge >= 0.3 is 5.97 Å². The number of rotatable bonds is 5. The first-order valence-electron chi connectivity index (χ1n) is 9.31. The Morgan fingerprint density at radius 3 is 2.20 bits per heavy atom. The third-order valence-electron chi connectivity index (χ3n) is 4.81. The first-order chi connectivity index (χ1) is 14.5. The van der Waals surface area contributed by atoms with Gasteiger partial charge in [0.05, 0.1) is 0 Å². The molecule has 1 atom stereocenters. The Morgan fingerprint density at radius 1 is 0.800 bits per heavy atom. The molecule has 0 aliphatic rings. The van der Waals surface area contributed by atoms with Gasteiger partial charge in [0.2, 0.25) is 5.78 Å². The second-order valence-electron chi connectivity index (χ2n) is 6.75. The molecule has 0 bridgehead atoms. The van der Waals surface area contributed by atoms with Gasteiger partial charge < -0.3 is 9.84 Å². The lowest BCUT2D eigenvalue weighted by Crippen LogP contribution is -2.20. The molecule has 5 heteroatoms. The number of phenolic OH excluding ortho intramolecular Hbond substituents is 1. The van der Waals surface area contributed by atoms with Crippen LogP contribution in [0.4, 0.5) is 0 Å². The number of halogens is 1. The number of carbonyl (C=O) groups excluding carboxylic acids is 2. The molecule has 0 radical (unpaired) electrons. The Labute approximate surface area is 178 Å². The van der Waals surface area contributed by atoms with Crippen molar-refractivity contribution < 1.29 is 19.4 Å². The monoisotopic (exact) mass is 416 g/mol. The Morgan fingerprint density at radius 2 is 1.47 bits per heavy atom. The maximum absolute atomic E-state index is 13.1. The standard InChI is InChI=1S/C25H17ClO4/c26-19-13-10-18(11-14-19)24(22(27)17-7-2-1-3-8-17)30-25(29)21-15-12-16-6-4-5-9-20(16)23(21)28/h1-15,24,28H. The fraction of sp³-hybridized carbons (Fsp3) is 0.0400. The highest BCUT2D eigenvalue weighted by Gasteiger charge is 2.28. The van der Waals surface area contributed by atoms with E-state index < -0.39 is 12.1 Å². The molecule has 4 aromatic carbocycles. The minimum Gasteiger partial charge on any atom is -0.506 e. The van der Waals surface area contributed by atoms with Gasteiger partial charge in [0, 0.05) is 21.5 Å². The minimum absolute atomic E-state index is 0.00600. The summed E-state index contributed by atoms with van der Waals surface area (Å²) in [6, 6.07) is 25.5. The molecule has 0 saturated carbocycles. The van der Waals surface area contributed by atoms with Crippen molar-refractivity contribution in [2.45, 2.75) is 6.10 Å². The number of ketones is 1. The van der Waals surface area contributed by atoms with E-state index in [0.717, 1.165) is 5.39 Å². The van der Waals surface area contributed by atoms with Gasteiger partial charge in [-0.25, -0.2) is 4.79 Å². The highest BCUT2D eigenvalue weighted by atomic mass is 35.5. The van der Waals surface area contributed by atoms with E-state index in [1.165, 1.54) is 6.07 Å². The zero-order valence-electron chi connectivity index (χ0n) is 15.8. The van der Waals surface area contributed by atoms with Crippen molar-refractivity contribution in [2.75, 3.05) is 0 Å². The molecule has 0 fully saturated rings. The lowest BCUT2D eigenvalue weighted by molar-refractivity contribution is 0.0277. The Kier molecular flexibility index (Phi) is 5.50. The van der Waals surface area contributed by atoms with Gasteiger partial charge in [0.1, 0.15) is 11.3 Å². The number of carbonyl (C=O) groups is 2. The molecule has 0 aromatic heterocycles. The summed E-state index contributed by atoms with van der Waals surface area (Å²) in [6.07, 6.45) is -1.18. The lowest BCUT2D eigenvalue weighted by Gasteiger charge is -2.18. The van der Waals surface area contributed by atoms with Crippen molar-refractivity contribution >= 4 is 34.1 Å². The highest BCUT2D eigenvalue weighted by Crippen LogP contribution is 2.31. The molecule has 30 heavy (non-hydrogen) atoms. The molecule has 0 spiro atoms. The Balaban J connectivity index is 1.71. The Hall–Kier alpha value is -3.63. The molecule has 148 valence electrons. The maximum Gasteiger partial charge on any atom is 0.343 e. The summed E-state index contributed by atoms with van der Waals surface area (Å²) in [6.45, 7) is 0. The van der Waals surface area contributed by atoms with E-state index in [9.17, 15) is 14.7 Å². The van der Waals surface area contributed by atoms with E-state index in [2.05, 4.69) is 0 Å². The van der Waals surface area contributed by atoms with Crippen molar-refractivity contribution in [1.29, 1.82) is 0 Å². The predicted molar refractivity (Wildman–Crippen MR) is 116 cm³/mol. The van der Waals surface area contributed by atoms with Crippen molar-refractivity contribution in [3.05, 3.63) is 113 Å². The van der Waals surface area contributed by atoms with Crippen LogP contribution in [0.5, 0.6) is 5.75 Å². The van der Waals surface area contributed by atoms with Crippen LogP contribution < -0.4 is 0 Å². The average Bonchev–Trinajstić information content (AvgIpc) is 2.78. The summed E-state index contributed by atoms with van der Waals surface area (Å²) >= 11 is 5.97. The van der Waals surface area contributed by atoms with E-state index in [1.807, 2.05) is 12.1 Å². The molecule has 4 nitrogen and oxygen atoms in total. The van der Waals surface area contributed by atoms with Gasteiger partial charge in [-0.15, -0.1) is 0 Å². The normalized spacial score (nSPS) is 11.8. The molecule has 0 amide bonds. The number of esters is 1. The molecule has 1 N–H and O–H groups in total. The van der Waals surface area contributed by atoms with Gasteiger partial charge in [-0.3, -0.25) is 4.79 Å². The fourth-order valence-corrected chi connectivity index (χ4v) is 3.38. The molecule has 4 aromatic rings. The smallest absolute Gasteiger partial charge is 0.343 e. The molecule has 1 unspecified atom stereocenters. The van der Waals surface area contributed by atoms with Gasteiger partial charge in [0.15, 0.2) is 6.10 Å². The summed E-state index contributed by atoms with van der Waals surface area (Å²) in [7, 11) is 0. The molecular formula is C25H17ClO4. The van der Waals surface area contributed by atoms with E-state index >= 15 is 0 Å². The summed E-state index contributed by atoms with van der Waals surface area (Å²) in [5.41, 5.74) is 0.892. The van der Waals surface area contributed by atoms with Crippen molar-refractivity contribution in [2.24, 2.45) is 0 Å². The summed E-state index contributed by atoms with van der Waals surface area (Å²) in [4.78, 5) is 26.1. The van der Waals surface area contributed by atoms with Crippen LogP contribution >= 0.6 is 11.6 Å². The van der Waals surface area contributed by atoms with Gasteiger partial charge in [-0.2, -0.15) is 0 Å². The maximum atomic E-state index is 13.1. The first kappa shape index (κ1) is 19.7. The van der Waals surface area contributed by atoms with E-state index in [-0.39, 0.29) is 17.1 Å². The van der Waals surface area contributed by atoms with Crippen LogP contribution in [0.25, 0.3) is 10.8 Å². The second kappa shape index (κ2) is 8.39. The average molecular weight is 417 g/mol. The zero-order valence-corrected chi connectivity index (χ0v) is 16.5. The molecule has 0 aliphatic carbocycles. The van der Waals surface area contributed by atoms with Crippen LogP contribution in [-0.4, -0.2) is 16.9 Å². The third kappa shape index (κ3) is 3.91. The van der Waals surface area contributed by atoms with Crippen LogP contribution in [0.2, 0.25) is 5.02 Å². The molecule has 0 saturated heterocycles. The highest BCUT2D eigenvalue weighted by molar-refractivity contribution is 6.30. The van der Waals surface area contributed by atoms with Crippen molar-refractivity contribution in [1.82, 2.24) is 0 Å². The summed E-state index contributed by atoms with van der Waals surface area (Å²) in [5.74, 6) is -1.34. The van der Waals surface area contributed by atoms with Gasteiger partial charge in [0.25, 0.3) is 0 Å². The topological polar surface area (TPSA) is 63.6 Å². The number of ether oxygens (including phenoxy) is 1. The molecular weight excluding hydrogens is 400 g/mol. The second-order valence-corrected chi connectivity index (χ2v) is 7.19. The number of benzene rings is 4. The first-order valence-corrected chi connectivity index (χ1v) is 9.69. The summed E-state index contributed by atoms with van der Waals surface area (Å²) in [5, 5.41) is 12.4. The third-order valence-corrected chi connectivity index (χ3v) is 5.07. The van der Waals surface area contributed by atoms with Crippen molar-refractivity contribution in [3.63, 3.8) is 0 Å². The van der Waals surface area contributed by atoms with Gasteiger partial charge in [-0.05, 0) is 23.6 Å². The molecule has 4 rings (SSSR count). The number of hydrogen-bond donors (Lipinski definition) is 1. The summed E-state index contributed by atoms with van der Waals surface area (Å²) < 4.78 is 5.62. The predicted octanol–water partition coefficient (Wildman–Crippen LogP) is 5.98. The molecule has 0 aliphatic heterocycles. The minimum atomic E-state index is -1.18.